The zero-order valence-corrected chi connectivity index (χ0v) is 17.2. The normalized spacial score (nSPS) is 23.0. The smallest absolute Gasteiger partial charge is 0.322 e. The lowest BCUT2D eigenvalue weighted by Crippen LogP contribution is -2.40. The van der Waals surface area contributed by atoms with E-state index in [0.29, 0.717) is 6.42 Å². The Bertz CT molecular complexity index is 1100. The van der Waals surface area contributed by atoms with Crippen LogP contribution in [0.4, 0.5) is 0 Å². The van der Waals surface area contributed by atoms with Crippen molar-refractivity contribution in [2.45, 2.75) is 31.7 Å². The Morgan fingerprint density at radius 2 is 1.73 bits per heavy atom. The van der Waals surface area contributed by atoms with Crippen molar-refractivity contribution in [3.05, 3.63) is 71.9 Å². The van der Waals surface area contributed by atoms with Gasteiger partial charge in [-0.05, 0) is 36.5 Å². The van der Waals surface area contributed by atoms with Gasteiger partial charge in [-0.15, -0.1) is 0 Å². The summed E-state index contributed by atoms with van der Waals surface area (Å²) in [5, 5.41) is 1.11. The first-order chi connectivity index (χ1) is 14.6. The molecule has 2 atom stereocenters. The van der Waals surface area contributed by atoms with Crippen LogP contribution in [0.2, 0.25) is 0 Å². The van der Waals surface area contributed by atoms with E-state index >= 15 is 0 Å². The Morgan fingerprint density at radius 1 is 1.03 bits per heavy atom. The van der Waals surface area contributed by atoms with Crippen LogP contribution < -0.4 is 0 Å². The Labute approximate surface area is 176 Å². The molecule has 2 aromatic carbocycles. The number of aromatic nitrogens is 1. The molecule has 5 heteroatoms. The number of fused-ring (bicyclic) bond motifs is 1. The number of carbonyl (C=O) groups excluding carboxylic acids is 2. The van der Waals surface area contributed by atoms with Gasteiger partial charge in [0.05, 0.1) is 7.11 Å². The molecule has 0 unspecified atom stereocenters. The van der Waals surface area contributed by atoms with Gasteiger partial charge in [0, 0.05) is 42.7 Å². The molecular weight excluding hydrogens is 376 g/mol. The second-order valence-corrected chi connectivity index (χ2v) is 8.43. The number of hydrogen-bond donors (Lipinski definition) is 0. The largest absolute Gasteiger partial charge is 0.468 e. The van der Waals surface area contributed by atoms with Gasteiger partial charge in [0.1, 0.15) is 0 Å². The SMILES string of the molecule is COC(=O)[C@]1(C(=O)N2CCCC2)C[C@@H]1c1cn(Cc2ccccc2)c2ccccc12. The molecule has 0 spiro atoms. The average Bonchev–Trinajstić information content (AvgIpc) is 3.12. The highest BCUT2D eigenvalue weighted by molar-refractivity contribution is 6.08. The van der Waals surface area contributed by atoms with E-state index in [4.69, 9.17) is 4.74 Å². The third-order valence-electron chi connectivity index (χ3n) is 6.68. The molecule has 1 aliphatic carbocycles. The van der Waals surface area contributed by atoms with E-state index in [1.54, 1.807) is 0 Å². The van der Waals surface area contributed by atoms with E-state index in [-0.39, 0.29) is 11.8 Å². The van der Waals surface area contributed by atoms with Gasteiger partial charge in [0.15, 0.2) is 5.41 Å². The third-order valence-corrected chi connectivity index (χ3v) is 6.68. The Morgan fingerprint density at radius 3 is 2.47 bits per heavy atom. The van der Waals surface area contributed by atoms with Gasteiger partial charge in [0.25, 0.3) is 0 Å². The molecule has 0 bridgehead atoms. The molecule has 154 valence electrons. The van der Waals surface area contributed by atoms with Crippen LogP contribution in [-0.4, -0.2) is 41.5 Å². The maximum absolute atomic E-state index is 13.4. The zero-order valence-electron chi connectivity index (χ0n) is 17.2. The Balaban J connectivity index is 1.54. The number of esters is 1. The van der Waals surface area contributed by atoms with Crippen LogP contribution in [0.3, 0.4) is 0 Å². The van der Waals surface area contributed by atoms with E-state index in [9.17, 15) is 9.59 Å². The molecule has 5 nitrogen and oxygen atoms in total. The number of nitrogens with zero attached hydrogens (tertiary/aromatic N) is 2. The number of hydrogen-bond acceptors (Lipinski definition) is 3. The van der Waals surface area contributed by atoms with Crippen molar-refractivity contribution in [3.63, 3.8) is 0 Å². The van der Waals surface area contributed by atoms with Gasteiger partial charge in [-0.2, -0.15) is 0 Å². The van der Waals surface area contributed by atoms with E-state index in [0.717, 1.165) is 48.9 Å². The highest BCUT2D eigenvalue weighted by Crippen LogP contribution is 2.62. The number of methoxy groups -OCH3 is 1. The summed E-state index contributed by atoms with van der Waals surface area (Å²) in [5.74, 6) is -0.596. The molecule has 1 aromatic heterocycles. The monoisotopic (exact) mass is 402 g/mol. The van der Waals surface area contributed by atoms with E-state index in [1.165, 1.54) is 12.7 Å². The van der Waals surface area contributed by atoms with Crippen molar-refractivity contribution < 1.29 is 14.3 Å². The summed E-state index contributed by atoms with van der Waals surface area (Å²) in [7, 11) is 1.38. The first-order valence-corrected chi connectivity index (χ1v) is 10.6. The number of para-hydroxylation sites is 1. The standard InChI is InChI=1S/C25H26N2O3/c1-30-24(29)25(23(28)26-13-7-8-14-26)15-21(25)20-17-27(16-18-9-3-2-4-10-18)22-12-6-5-11-19(20)22/h2-6,9-12,17,21H,7-8,13-16H2,1H3/t21-,25-/m1/s1. The molecule has 2 heterocycles. The van der Waals surface area contributed by atoms with Gasteiger partial charge in [0.2, 0.25) is 5.91 Å². The van der Waals surface area contributed by atoms with Crippen LogP contribution in [0, 0.1) is 5.41 Å². The molecule has 0 N–H and O–H groups in total. The quantitative estimate of drug-likeness (QED) is 0.480. The predicted octanol–water partition coefficient (Wildman–Crippen LogP) is 3.96. The fourth-order valence-corrected chi connectivity index (χ4v) is 5.04. The second kappa shape index (κ2) is 7.31. The van der Waals surface area contributed by atoms with Crippen LogP contribution in [-0.2, 0) is 20.9 Å². The summed E-state index contributed by atoms with van der Waals surface area (Å²) in [6.07, 6.45) is 4.66. The van der Waals surface area contributed by atoms with Gasteiger partial charge >= 0.3 is 5.97 Å². The van der Waals surface area contributed by atoms with Crippen LogP contribution >= 0.6 is 0 Å². The summed E-state index contributed by atoms with van der Waals surface area (Å²) in [6.45, 7) is 2.22. The summed E-state index contributed by atoms with van der Waals surface area (Å²) >= 11 is 0. The van der Waals surface area contributed by atoms with Crippen molar-refractivity contribution in [2.75, 3.05) is 20.2 Å². The van der Waals surface area contributed by atoms with Crippen molar-refractivity contribution in [1.29, 1.82) is 0 Å². The second-order valence-electron chi connectivity index (χ2n) is 8.43. The minimum absolute atomic E-state index is 0.0586. The fourth-order valence-electron chi connectivity index (χ4n) is 5.04. The summed E-state index contributed by atoms with van der Waals surface area (Å²) < 4.78 is 7.35. The molecular formula is C25H26N2O3. The number of rotatable bonds is 5. The number of ether oxygens (including phenoxy) is 1. The maximum Gasteiger partial charge on any atom is 0.322 e. The maximum atomic E-state index is 13.4. The van der Waals surface area contributed by atoms with Crippen molar-refractivity contribution >= 4 is 22.8 Å². The Hall–Kier alpha value is -3.08. The van der Waals surface area contributed by atoms with Crippen molar-refractivity contribution in [2.24, 2.45) is 5.41 Å². The highest BCUT2D eigenvalue weighted by Gasteiger charge is 2.68. The molecule has 1 saturated carbocycles. The summed E-state index contributed by atoms with van der Waals surface area (Å²) in [5.41, 5.74) is 2.34. The molecule has 1 saturated heterocycles. The highest BCUT2D eigenvalue weighted by atomic mass is 16.5. The molecule has 5 rings (SSSR count). The van der Waals surface area contributed by atoms with Crippen LogP contribution in [0.25, 0.3) is 10.9 Å². The van der Waals surface area contributed by atoms with Crippen LogP contribution in [0.1, 0.15) is 36.3 Å². The lowest BCUT2D eigenvalue weighted by Gasteiger charge is -2.22. The molecule has 1 aliphatic heterocycles. The molecule has 0 radical (unpaired) electrons. The molecule has 3 aromatic rings. The van der Waals surface area contributed by atoms with E-state index in [1.807, 2.05) is 35.2 Å². The number of likely N-dealkylation sites (tertiary alicyclic amines) is 1. The van der Waals surface area contributed by atoms with Crippen LogP contribution in [0.5, 0.6) is 0 Å². The molecule has 2 aliphatic rings. The Kier molecular flexibility index (Phi) is 4.61. The molecule has 1 amide bonds. The van der Waals surface area contributed by atoms with Gasteiger partial charge in [-0.1, -0.05) is 48.5 Å². The zero-order chi connectivity index (χ0) is 20.7. The molecule has 30 heavy (non-hydrogen) atoms. The van der Waals surface area contributed by atoms with Gasteiger partial charge < -0.3 is 14.2 Å². The summed E-state index contributed by atoms with van der Waals surface area (Å²) in [6, 6.07) is 18.6. The number of amides is 1. The minimum Gasteiger partial charge on any atom is -0.468 e. The molecule has 2 fully saturated rings. The predicted molar refractivity (Wildman–Crippen MR) is 115 cm³/mol. The minimum atomic E-state index is -1.07. The van der Waals surface area contributed by atoms with Gasteiger partial charge in [-0.25, -0.2) is 0 Å². The van der Waals surface area contributed by atoms with Crippen LogP contribution in [0.15, 0.2) is 60.8 Å². The van der Waals surface area contributed by atoms with Crippen molar-refractivity contribution in [3.8, 4) is 0 Å². The first-order valence-electron chi connectivity index (χ1n) is 10.6. The number of carbonyl (C=O) groups is 2. The lowest BCUT2D eigenvalue weighted by atomic mass is 9.97. The van der Waals surface area contributed by atoms with Gasteiger partial charge in [-0.3, -0.25) is 9.59 Å². The van der Waals surface area contributed by atoms with E-state index in [2.05, 4.69) is 35.0 Å². The fraction of sp³-hybridized carbons (Fsp3) is 0.360. The first kappa shape index (κ1) is 18.9. The van der Waals surface area contributed by atoms with Crippen molar-refractivity contribution in [1.82, 2.24) is 9.47 Å². The van der Waals surface area contributed by atoms with E-state index < -0.39 is 11.4 Å². The average molecular weight is 402 g/mol. The number of benzene rings is 2. The summed E-state index contributed by atoms with van der Waals surface area (Å²) in [4.78, 5) is 28.0. The third kappa shape index (κ3) is 2.92. The lowest BCUT2D eigenvalue weighted by molar-refractivity contribution is -0.155. The topological polar surface area (TPSA) is 51.5 Å².